The van der Waals surface area contributed by atoms with E-state index < -0.39 is 11.6 Å². The molecule has 0 atom stereocenters. The van der Waals surface area contributed by atoms with Crippen molar-refractivity contribution in [2.24, 2.45) is 4.99 Å². The van der Waals surface area contributed by atoms with Crippen molar-refractivity contribution < 1.29 is 8.78 Å². The zero-order valence-electron chi connectivity index (χ0n) is 12.1. The Labute approximate surface area is 134 Å². The number of nitrogens with zero attached hydrogens (tertiary/aromatic N) is 5. The molecular weight excluding hydrogens is 320 g/mol. The summed E-state index contributed by atoms with van der Waals surface area (Å²) in [7, 11) is 0. The predicted octanol–water partition coefficient (Wildman–Crippen LogP) is 3.17. The third-order valence-electron chi connectivity index (χ3n) is 3.64. The van der Waals surface area contributed by atoms with Gasteiger partial charge in [0.1, 0.15) is 22.3 Å². The first-order chi connectivity index (χ1) is 11.1. The summed E-state index contributed by atoms with van der Waals surface area (Å²) >= 11 is 1.29. The number of hydrogen-bond acceptors (Lipinski definition) is 5. The molecule has 0 N–H and O–H groups in total. The Morgan fingerprint density at radius 3 is 2.83 bits per heavy atom. The minimum Gasteiger partial charge on any atom is -0.303 e. The van der Waals surface area contributed by atoms with Crippen LogP contribution in [-0.2, 0) is 6.54 Å². The van der Waals surface area contributed by atoms with Gasteiger partial charge in [-0.05, 0) is 19.1 Å². The van der Waals surface area contributed by atoms with Crippen molar-refractivity contribution in [3.8, 4) is 22.1 Å². The van der Waals surface area contributed by atoms with Gasteiger partial charge in [0.05, 0.1) is 12.3 Å². The second-order valence-electron chi connectivity index (χ2n) is 5.13. The highest BCUT2D eigenvalue weighted by atomic mass is 32.1. The molecule has 1 aliphatic heterocycles. The largest absolute Gasteiger partial charge is 0.303 e. The van der Waals surface area contributed by atoms with Gasteiger partial charge in [-0.25, -0.2) is 13.8 Å². The number of halogens is 2. The Hall–Kier alpha value is -2.48. The molecule has 0 amide bonds. The summed E-state index contributed by atoms with van der Waals surface area (Å²) in [6.07, 6.45) is 0. The number of aromatic nitrogens is 4. The van der Waals surface area contributed by atoms with Gasteiger partial charge in [-0.3, -0.25) is 4.99 Å². The zero-order chi connectivity index (χ0) is 16.0. The highest BCUT2D eigenvalue weighted by Gasteiger charge is 2.21. The van der Waals surface area contributed by atoms with Gasteiger partial charge in [0.15, 0.2) is 11.6 Å². The molecule has 0 unspecified atom stereocenters. The molecule has 0 fully saturated rings. The molecular formula is C15H11F2N5S. The number of hydrogen-bond donors (Lipinski definition) is 0. The van der Waals surface area contributed by atoms with Crippen LogP contribution in [0.15, 0.2) is 28.6 Å². The lowest BCUT2D eigenvalue weighted by Gasteiger charge is -2.12. The first-order valence-electron chi connectivity index (χ1n) is 6.99. The van der Waals surface area contributed by atoms with Crippen LogP contribution in [0, 0.1) is 11.6 Å². The highest BCUT2D eigenvalue weighted by molar-refractivity contribution is 7.13. The first kappa shape index (κ1) is 14.1. The quantitative estimate of drug-likeness (QED) is 0.725. The monoisotopic (exact) mass is 331 g/mol. The summed E-state index contributed by atoms with van der Waals surface area (Å²) in [5, 5.41) is 10.6. The van der Waals surface area contributed by atoms with Crippen molar-refractivity contribution in [2.45, 2.75) is 13.5 Å². The van der Waals surface area contributed by atoms with Gasteiger partial charge in [0.2, 0.25) is 0 Å². The van der Waals surface area contributed by atoms with Crippen LogP contribution in [0.5, 0.6) is 0 Å². The fraction of sp³-hybridized carbons (Fsp3) is 0.200. The lowest BCUT2D eigenvalue weighted by Crippen LogP contribution is -2.17. The normalized spacial score (nSPS) is 13.8. The second kappa shape index (κ2) is 5.31. The van der Waals surface area contributed by atoms with Crippen molar-refractivity contribution in [3.05, 3.63) is 41.0 Å². The Kier molecular flexibility index (Phi) is 3.26. The maximum absolute atomic E-state index is 13.9. The third-order valence-corrected chi connectivity index (χ3v) is 4.52. The van der Waals surface area contributed by atoms with Crippen LogP contribution in [0.4, 0.5) is 8.78 Å². The molecule has 0 spiro atoms. The van der Waals surface area contributed by atoms with Gasteiger partial charge < -0.3 is 4.57 Å². The molecule has 0 saturated heterocycles. The van der Waals surface area contributed by atoms with Gasteiger partial charge in [-0.1, -0.05) is 0 Å². The van der Waals surface area contributed by atoms with E-state index >= 15 is 0 Å². The summed E-state index contributed by atoms with van der Waals surface area (Å²) in [6, 6.07) is 3.47. The lowest BCUT2D eigenvalue weighted by molar-refractivity contribution is 0.585. The van der Waals surface area contributed by atoms with E-state index in [0.29, 0.717) is 29.6 Å². The molecule has 5 nitrogen and oxygen atoms in total. The van der Waals surface area contributed by atoms with Crippen LogP contribution in [-0.4, -0.2) is 32.0 Å². The Balaban J connectivity index is 1.76. The molecule has 3 aromatic rings. The van der Waals surface area contributed by atoms with Gasteiger partial charge in [0.25, 0.3) is 0 Å². The highest BCUT2D eigenvalue weighted by Crippen LogP contribution is 2.30. The fourth-order valence-electron chi connectivity index (χ4n) is 2.52. The Morgan fingerprint density at radius 2 is 2.00 bits per heavy atom. The molecule has 2 aromatic heterocycles. The average molecular weight is 331 g/mol. The molecule has 0 aliphatic carbocycles. The smallest absolute Gasteiger partial charge is 0.183 e. The molecule has 0 bridgehead atoms. The van der Waals surface area contributed by atoms with Crippen LogP contribution in [0.3, 0.4) is 0 Å². The fourth-order valence-corrected chi connectivity index (χ4v) is 3.35. The molecule has 0 saturated carbocycles. The summed E-state index contributed by atoms with van der Waals surface area (Å²) in [6.45, 7) is 3.25. The number of benzene rings is 1. The van der Waals surface area contributed by atoms with Crippen LogP contribution >= 0.6 is 11.3 Å². The van der Waals surface area contributed by atoms with E-state index in [0.717, 1.165) is 17.6 Å². The molecule has 8 heteroatoms. The van der Waals surface area contributed by atoms with E-state index in [1.165, 1.54) is 23.5 Å². The topological polar surface area (TPSA) is 56.0 Å². The molecule has 1 aromatic carbocycles. The van der Waals surface area contributed by atoms with E-state index in [-0.39, 0.29) is 5.56 Å². The predicted molar refractivity (Wildman–Crippen MR) is 83.6 cm³/mol. The van der Waals surface area contributed by atoms with Crippen molar-refractivity contribution in [1.82, 2.24) is 19.7 Å². The minimum absolute atomic E-state index is 0.277. The number of thiazole rings is 1. The van der Waals surface area contributed by atoms with Gasteiger partial charge in [-0.2, -0.15) is 0 Å². The summed E-state index contributed by atoms with van der Waals surface area (Å²) < 4.78 is 28.9. The summed E-state index contributed by atoms with van der Waals surface area (Å²) in [5.74, 6) is 0.134. The summed E-state index contributed by atoms with van der Waals surface area (Å²) in [5.41, 5.74) is 1.75. The molecule has 116 valence electrons. The number of aliphatic imine (C=N–C) groups is 1. The average Bonchev–Trinajstić information content (AvgIpc) is 3.14. The van der Waals surface area contributed by atoms with Crippen LogP contribution in [0.1, 0.15) is 12.7 Å². The van der Waals surface area contributed by atoms with Crippen molar-refractivity contribution in [3.63, 3.8) is 0 Å². The maximum Gasteiger partial charge on any atom is 0.183 e. The zero-order valence-corrected chi connectivity index (χ0v) is 12.9. The SMILES string of the molecule is CC1=NCCn2c1nnc2-c1csc(-c2ccc(F)cc2F)n1. The van der Waals surface area contributed by atoms with Crippen LogP contribution in [0.2, 0.25) is 0 Å². The molecule has 1 aliphatic rings. The summed E-state index contributed by atoms with van der Waals surface area (Å²) in [4.78, 5) is 8.78. The Bertz CT molecular complexity index is 928. The van der Waals surface area contributed by atoms with Gasteiger partial charge in [0, 0.05) is 23.6 Å². The van der Waals surface area contributed by atoms with Crippen LogP contribution in [0.25, 0.3) is 22.1 Å². The van der Waals surface area contributed by atoms with E-state index in [9.17, 15) is 8.78 Å². The number of fused-ring (bicyclic) bond motifs is 1. The minimum atomic E-state index is -0.628. The van der Waals surface area contributed by atoms with E-state index in [1.54, 1.807) is 5.38 Å². The second-order valence-corrected chi connectivity index (χ2v) is 5.99. The maximum atomic E-state index is 13.9. The van der Waals surface area contributed by atoms with Crippen molar-refractivity contribution in [1.29, 1.82) is 0 Å². The third kappa shape index (κ3) is 2.35. The van der Waals surface area contributed by atoms with E-state index in [1.807, 2.05) is 11.5 Å². The van der Waals surface area contributed by atoms with Crippen LogP contribution < -0.4 is 0 Å². The van der Waals surface area contributed by atoms with E-state index in [2.05, 4.69) is 20.2 Å². The first-order valence-corrected chi connectivity index (χ1v) is 7.87. The Morgan fingerprint density at radius 1 is 1.17 bits per heavy atom. The van der Waals surface area contributed by atoms with Crippen molar-refractivity contribution >= 4 is 17.0 Å². The number of rotatable bonds is 2. The molecule has 23 heavy (non-hydrogen) atoms. The van der Waals surface area contributed by atoms with E-state index in [4.69, 9.17) is 0 Å². The van der Waals surface area contributed by atoms with Gasteiger partial charge >= 0.3 is 0 Å². The van der Waals surface area contributed by atoms with Crippen molar-refractivity contribution in [2.75, 3.05) is 6.54 Å². The molecule has 3 heterocycles. The molecule has 0 radical (unpaired) electrons. The van der Waals surface area contributed by atoms with Gasteiger partial charge in [-0.15, -0.1) is 21.5 Å². The standard InChI is InChI=1S/C15H11F2N5S/c1-8-13-20-21-14(22(13)5-4-18-8)12-7-23-15(19-12)10-3-2-9(16)6-11(10)17/h2-3,6-7H,4-5H2,1H3. The lowest BCUT2D eigenvalue weighted by atomic mass is 10.2. The molecule has 4 rings (SSSR count).